The van der Waals surface area contributed by atoms with E-state index in [-0.39, 0.29) is 9.90 Å². The minimum Gasteiger partial charge on any atom is -0.153 e. The molecule has 1 atom stereocenters. The minimum atomic E-state index is 0. The second-order valence-electron chi connectivity index (χ2n) is 13.3. The van der Waals surface area contributed by atoms with Crippen molar-refractivity contribution in [2.24, 2.45) is 10.8 Å². The lowest BCUT2D eigenvalue weighted by Gasteiger charge is -2.33. The van der Waals surface area contributed by atoms with Crippen LogP contribution in [0.2, 0.25) is 0 Å². The van der Waals surface area contributed by atoms with Crippen LogP contribution in [0, 0.1) is 10.8 Å². The number of rotatable bonds is 10. The first kappa shape index (κ1) is 36.6. The zero-order valence-electron chi connectivity index (χ0n) is 28.0. The van der Waals surface area contributed by atoms with Gasteiger partial charge < -0.3 is 0 Å². The lowest BCUT2D eigenvalue weighted by molar-refractivity contribution is 0.376. The van der Waals surface area contributed by atoms with Crippen molar-refractivity contribution in [2.45, 2.75) is 108 Å². The Labute approximate surface area is 257 Å². The summed E-state index contributed by atoms with van der Waals surface area (Å²) in [7, 11) is 0. The minimum absolute atomic E-state index is 0. The van der Waals surface area contributed by atoms with Crippen molar-refractivity contribution in [3.05, 3.63) is 130 Å². The molecule has 0 spiro atoms. The molecule has 0 amide bonds. The molecule has 0 N–H and O–H groups in total. The molecule has 0 radical (unpaired) electrons. The van der Waals surface area contributed by atoms with E-state index >= 15 is 0 Å². The van der Waals surface area contributed by atoms with E-state index in [0.29, 0.717) is 10.8 Å². The lowest BCUT2D eigenvalue weighted by atomic mass is 9.72. The molecule has 2 aliphatic carbocycles. The highest BCUT2D eigenvalue weighted by molar-refractivity contribution is 6.92. The SMILES string of the molecule is CC1=C(/C=C/C(C)=C/C=C/C(C)=C/C=C/C=C(C)/C=C/C=C(C)/C=C/C2=C(C)CCCC2(C)C)C(C)(C)CCC1.P. The summed E-state index contributed by atoms with van der Waals surface area (Å²) >= 11 is 0. The van der Waals surface area contributed by atoms with Gasteiger partial charge in [0.1, 0.15) is 0 Å². The summed E-state index contributed by atoms with van der Waals surface area (Å²) in [6.07, 6.45) is 38.4. The average molecular weight is 571 g/mol. The summed E-state index contributed by atoms with van der Waals surface area (Å²) in [4.78, 5) is 0. The normalized spacial score (nSPS) is 21.4. The molecule has 0 fully saturated rings. The van der Waals surface area contributed by atoms with Crippen molar-refractivity contribution in [3.8, 4) is 0 Å². The standard InChI is InChI=1S/C40H56.H3P/c1-31(19-13-21-33(3)25-27-37-35(5)23-15-29-39(37,7)8)17-11-12-18-32(2)20-14-22-34(4)26-28-38-36(6)24-16-30-40(38,9)10;/h11-14,17-22,25-28H,15-16,23-24,29-30H2,1-10H3;1H3/b12-11+,19-13+,20-14+,27-25+,28-26+,31-17+,32-18+,33-21+,34-22+;. The Morgan fingerprint density at radius 2 is 0.829 bits per heavy atom. The highest BCUT2D eigenvalue weighted by Crippen LogP contribution is 2.41. The fourth-order valence-corrected chi connectivity index (χ4v) is 5.79. The Morgan fingerprint density at radius 1 is 0.512 bits per heavy atom. The molecule has 2 aliphatic rings. The molecule has 0 saturated carbocycles. The molecule has 0 nitrogen and oxygen atoms in total. The van der Waals surface area contributed by atoms with Gasteiger partial charge in [0, 0.05) is 0 Å². The van der Waals surface area contributed by atoms with E-state index in [1.165, 1.54) is 72.0 Å². The highest BCUT2D eigenvalue weighted by atomic mass is 31.0. The molecular weight excluding hydrogens is 511 g/mol. The van der Waals surface area contributed by atoms with Gasteiger partial charge in [-0.1, -0.05) is 146 Å². The zero-order chi connectivity index (χ0) is 29.8. The van der Waals surface area contributed by atoms with Crippen LogP contribution in [0.25, 0.3) is 0 Å². The molecule has 0 heterocycles. The summed E-state index contributed by atoms with van der Waals surface area (Å²) in [5.41, 5.74) is 11.7. The maximum Gasteiger partial charge on any atom is -0.0104 e. The largest absolute Gasteiger partial charge is 0.153 e. The summed E-state index contributed by atoms with van der Waals surface area (Å²) < 4.78 is 0. The van der Waals surface area contributed by atoms with Gasteiger partial charge in [-0.3, -0.25) is 0 Å². The van der Waals surface area contributed by atoms with Crippen LogP contribution in [0.4, 0.5) is 0 Å². The smallest absolute Gasteiger partial charge is 0.0104 e. The van der Waals surface area contributed by atoms with Crippen LogP contribution in [0.15, 0.2) is 130 Å². The third-order valence-corrected chi connectivity index (χ3v) is 8.38. The molecule has 0 aromatic rings. The number of hydrogen-bond acceptors (Lipinski definition) is 0. The second-order valence-corrected chi connectivity index (χ2v) is 13.3. The molecule has 0 saturated heterocycles. The van der Waals surface area contributed by atoms with Gasteiger partial charge in [0.05, 0.1) is 0 Å². The first-order valence-electron chi connectivity index (χ1n) is 15.3. The maximum absolute atomic E-state index is 2.37. The van der Waals surface area contributed by atoms with Gasteiger partial charge in [0.2, 0.25) is 0 Å². The molecular formula is C40H59P. The van der Waals surface area contributed by atoms with Crippen LogP contribution in [-0.4, -0.2) is 0 Å². The van der Waals surface area contributed by atoms with Crippen molar-refractivity contribution in [3.63, 3.8) is 0 Å². The van der Waals surface area contributed by atoms with E-state index in [1.807, 2.05) is 0 Å². The van der Waals surface area contributed by atoms with Gasteiger partial charge in [-0.2, -0.15) is 9.90 Å². The van der Waals surface area contributed by atoms with Gasteiger partial charge in [-0.05, 0) is 102 Å². The Kier molecular flexibility index (Phi) is 15.6. The third-order valence-electron chi connectivity index (χ3n) is 8.38. The van der Waals surface area contributed by atoms with Crippen LogP contribution >= 0.6 is 9.90 Å². The Morgan fingerprint density at radius 3 is 1.17 bits per heavy atom. The topological polar surface area (TPSA) is 0 Å². The van der Waals surface area contributed by atoms with Crippen molar-refractivity contribution in [2.75, 3.05) is 0 Å². The van der Waals surface area contributed by atoms with Crippen LogP contribution in [0.3, 0.4) is 0 Å². The molecule has 0 bridgehead atoms. The number of hydrogen-bond donors (Lipinski definition) is 0. The van der Waals surface area contributed by atoms with Crippen molar-refractivity contribution >= 4 is 9.90 Å². The van der Waals surface area contributed by atoms with Crippen molar-refractivity contribution in [1.29, 1.82) is 0 Å². The van der Waals surface area contributed by atoms with E-state index in [0.717, 1.165) is 0 Å². The van der Waals surface area contributed by atoms with Crippen molar-refractivity contribution in [1.82, 2.24) is 0 Å². The predicted molar refractivity (Wildman–Crippen MR) is 192 cm³/mol. The average Bonchev–Trinajstić information content (AvgIpc) is 2.85. The Hall–Kier alpha value is -2.43. The van der Waals surface area contributed by atoms with Gasteiger partial charge in [0.15, 0.2) is 0 Å². The molecule has 224 valence electrons. The molecule has 0 aromatic heterocycles. The van der Waals surface area contributed by atoms with Crippen LogP contribution in [0.5, 0.6) is 0 Å². The molecule has 2 rings (SSSR count). The molecule has 0 aromatic carbocycles. The van der Waals surface area contributed by atoms with E-state index in [1.54, 1.807) is 11.1 Å². The highest BCUT2D eigenvalue weighted by Gasteiger charge is 2.27. The van der Waals surface area contributed by atoms with Gasteiger partial charge in [-0.25, -0.2) is 0 Å². The van der Waals surface area contributed by atoms with Crippen LogP contribution < -0.4 is 0 Å². The van der Waals surface area contributed by atoms with Crippen LogP contribution in [0.1, 0.15) is 108 Å². The Balaban J connectivity index is 0.00000840. The predicted octanol–water partition coefficient (Wildman–Crippen LogP) is 12.7. The fraction of sp³-hybridized carbons (Fsp3) is 0.450. The van der Waals surface area contributed by atoms with Crippen molar-refractivity contribution < 1.29 is 0 Å². The summed E-state index contributed by atoms with van der Waals surface area (Å²) in [6.45, 7) is 22.7. The summed E-state index contributed by atoms with van der Waals surface area (Å²) in [5, 5.41) is 0. The first-order chi connectivity index (χ1) is 18.8. The quantitative estimate of drug-likeness (QED) is 0.181. The first-order valence-corrected chi connectivity index (χ1v) is 15.3. The monoisotopic (exact) mass is 570 g/mol. The van der Waals surface area contributed by atoms with Gasteiger partial charge >= 0.3 is 0 Å². The van der Waals surface area contributed by atoms with Crippen LogP contribution in [-0.2, 0) is 0 Å². The fourth-order valence-electron chi connectivity index (χ4n) is 5.79. The third kappa shape index (κ3) is 13.0. The van der Waals surface area contributed by atoms with Gasteiger partial charge in [0.25, 0.3) is 0 Å². The molecule has 1 heteroatoms. The molecule has 0 aliphatic heterocycles. The second kappa shape index (κ2) is 17.5. The molecule has 41 heavy (non-hydrogen) atoms. The summed E-state index contributed by atoms with van der Waals surface area (Å²) in [6, 6.07) is 0. The Bertz CT molecular complexity index is 1120. The van der Waals surface area contributed by atoms with E-state index in [4.69, 9.17) is 0 Å². The maximum atomic E-state index is 2.37. The van der Waals surface area contributed by atoms with E-state index in [9.17, 15) is 0 Å². The summed E-state index contributed by atoms with van der Waals surface area (Å²) in [5.74, 6) is 0. The van der Waals surface area contributed by atoms with E-state index in [2.05, 4.69) is 154 Å². The zero-order valence-corrected chi connectivity index (χ0v) is 29.4. The molecule has 1 unspecified atom stereocenters. The van der Waals surface area contributed by atoms with Gasteiger partial charge in [-0.15, -0.1) is 0 Å². The lowest BCUT2D eigenvalue weighted by Crippen LogP contribution is -2.19. The number of allylic oxidation sites excluding steroid dienone is 22. The van der Waals surface area contributed by atoms with E-state index < -0.39 is 0 Å².